The fraction of sp³-hybridized carbons (Fsp3) is 0.545. The Morgan fingerprint density at radius 2 is 1.88 bits per heavy atom. The summed E-state index contributed by atoms with van der Waals surface area (Å²) in [5, 5.41) is 17.6. The zero-order valence-electron chi connectivity index (χ0n) is 20.0. The maximum absolute atomic E-state index is 12.1. The predicted molar refractivity (Wildman–Crippen MR) is 140 cm³/mol. The molecule has 2 aromatic rings. The van der Waals surface area contributed by atoms with Crippen molar-refractivity contribution in [3.05, 3.63) is 42.0 Å². The molecule has 0 aliphatic heterocycles. The zero-order chi connectivity index (χ0) is 22.9. The fourth-order valence-corrected chi connectivity index (χ4v) is 2.97. The van der Waals surface area contributed by atoms with Crippen molar-refractivity contribution in [2.75, 3.05) is 38.6 Å². The van der Waals surface area contributed by atoms with Crippen molar-refractivity contribution in [3.8, 4) is 0 Å². The third-order valence-corrected chi connectivity index (χ3v) is 5.26. The number of halogens is 1. The number of rotatable bonds is 10. The summed E-state index contributed by atoms with van der Waals surface area (Å²) in [7, 11) is 5.66. The molecular weight excluding hydrogens is 519 g/mol. The minimum Gasteiger partial charge on any atom is -0.375 e. The maximum Gasteiger partial charge on any atom is 0.227 e. The molecule has 0 spiro atoms. The Balaban J connectivity index is 0.00000512. The molecule has 0 aliphatic carbocycles. The molecule has 2 rings (SSSR count). The second-order valence-electron chi connectivity index (χ2n) is 8.24. The van der Waals surface area contributed by atoms with Gasteiger partial charge in [0.15, 0.2) is 11.8 Å². The van der Waals surface area contributed by atoms with E-state index in [1.807, 2.05) is 50.6 Å². The lowest BCUT2D eigenvalue weighted by molar-refractivity contribution is -0.128. The smallest absolute Gasteiger partial charge is 0.227 e. The fourth-order valence-electron chi connectivity index (χ4n) is 2.97. The SMILES string of the molecule is CNC(=O)C(C)(C)CNC(=NCc1nnc(C)n1C)NCCCN(C)c1ccccc1.I. The molecule has 1 heterocycles. The van der Waals surface area contributed by atoms with Crippen LogP contribution >= 0.6 is 24.0 Å². The average Bonchev–Trinajstić information content (AvgIpc) is 3.09. The number of hydrogen-bond donors (Lipinski definition) is 3. The van der Waals surface area contributed by atoms with Crippen LogP contribution in [0.15, 0.2) is 35.3 Å². The highest BCUT2D eigenvalue weighted by atomic mass is 127. The third-order valence-electron chi connectivity index (χ3n) is 5.26. The molecule has 0 atom stereocenters. The molecule has 0 aliphatic rings. The maximum atomic E-state index is 12.1. The van der Waals surface area contributed by atoms with Crippen molar-refractivity contribution >= 4 is 41.5 Å². The van der Waals surface area contributed by atoms with E-state index in [0.29, 0.717) is 19.0 Å². The van der Waals surface area contributed by atoms with E-state index in [1.54, 1.807) is 7.05 Å². The lowest BCUT2D eigenvalue weighted by atomic mass is 9.92. The molecule has 9 nitrogen and oxygen atoms in total. The third kappa shape index (κ3) is 8.29. The number of carbonyl (C=O) groups is 1. The van der Waals surface area contributed by atoms with E-state index in [4.69, 9.17) is 0 Å². The van der Waals surface area contributed by atoms with Gasteiger partial charge in [-0.05, 0) is 39.3 Å². The summed E-state index contributed by atoms with van der Waals surface area (Å²) in [6, 6.07) is 10.3. The highest BCUT2D eigenvalue weighted by molar-refractivity contribution is 14.0. The monoisotopic (exact) mass is 556 g/mol. The zero-order valence-corrected chi connectivity index (χ0v) is 22.3. The highest BCUT2D eigenvalue weighted by Crippen LogP contribution is 2.13. The van der Waals surface area contributed by atoms with Crippen LogP contribution in [-0.4, -0.2) is 60.4 Å². The number of nitrogens with one attached hydrogen (secondary N) is 3. The van der Waals surface area contributed by atoms with Gasteiger partial charge < -0.3 is 25.4 Å². The largest absolute Gasteiger partial charge is 0.375 e. The van der Waals surface area contributed by atoms with Crippen LogP contribution < -0.4 is 20.9 Å². The number of nitrogens with zero attached hydrogens (tertiary/aromatic N) is 5. The minimum atomic E-state index is -0.563. The van der Waals surface area contributed by atoms with E-state index < -0.39 is 5.41 Å². The quantitative estimate of drug-likeness (QED) is 0.180. The summed E-state index contributed by atoms with van der Waals surface area (Å²) >= 11 is 0. The van der Waals surface area contributed by atoms with E-state index >= 15 is 0 Å². The van der Waals surface area contributed by atoms with Crippen molar-refractivity contribution in [1.29, 1.82) is 0 Å². The van der Waals surface area contributed by atoms with Gasteiger partial charge >= 0.3 is 0 Å². The molecule has 32 heavy (non-hydrogen) atoms. The normalized spacial score (nSPS) is 11.5. The van der Waals surface area contributed by atoms with Gasteiger partial charge in [-0.1, -0.05) is 18.2 Å². The van der Waals surface area contributed by atoms with Crippen LogP contribution in [0.2, 0.25) is 0 Å². The standard InChI is InChI=1S/C22H36N8O.HI/c1-17-27-28-19(30(17)6)15-25-21(26-16-22(2,3)20(31)23-4)24-13-10-14-29(5)18-11-8-7-9-12-18;/h7-9,11-12H,10,13-16H2,1-6H3,(H,23,31)(H2,24,25,26);1H. The summed E-state index contributed by atoms with van der Waals surface area (Å²) < 4.78 is 1.92. The second-order valence-corrected chi connectivity index (χ2v) is 8.24. The number of aromatic nitrogens is 3. The number of benzene rings is 1. The number of anilines is 1. The van der Waals surface area contributed by atoms with Gasteiger partial charge in [-0.3, -0.25) is 4.79 Å². The Morgan fingerprint density at radius 1 is 1.19 bits per heavy atom. The molecule has 3 N–H and O–H groups in total. The van der Waals surface area contributed by atoms with Crippen molar-refractivity contribution in [1.82, 2.24) is 30.7 Å². The molecule has 0 radical (unpaired) electrons. The van der Waals surface area contributed by atoms with Gasteiger partial charge in [-0.2, -0.15) is 0 Å². The average molecular weight is 556 g/mol. The number of aryl methyl sites for hydroxylation is 1. The van der Waals surface area contributed by atoms with Crippen LogP contribution in [0.3, 0.4) is 0 Å². The molecule has 0 bridgehead atoms. The Kier molecular flexibility index (Phi) is 11.4. The Bertz CT molecular complexity index is 866. The van der Waals surface area contributed by atoms with E-state index in [0.717, 1.165) is 31.2 Å². The molecule has 0 saturated heterocycles. The molecule has 10 heteroatoms. The van der Waals surface area contributed by atoms with Gasteiger partial charge in [-0.15, -0.1) is 34.2 Å². The lowest BCUT2D eigenvalue weighted by Crippen LogP contribution is -2.47. The Morgan fingerprint density at radius 3 is 2.47 bits per heavy atom. The summed E-state index contributed by atoms with van der Waals surface area (Å²) in [5.74, 6) is 2.26. The number of guanidine groups is 1. The van der Waals surface area contributed by atoms with Crippen LogP contribution in [-0.2, 0) is 18.4 Å². The summed E-state index contributed by atoms with van der Waals surface area (Å²) in [6.07, 6.45) is 0.938. The van der Waals surface area contributed by atoms with E-state index in [-0.39, 0.29) is 29.9 Å². The van der Waals surface area contributed by atoms with Crippen molar-refractivity contribution < 1.29 is 4.79 Å². The molecule has 1 aromatic heterocycles. The van der Waals surface area contributed by atoms with E-state index in [2.05, 4.69) is 55.2 Å². The number of para-hydroxylation sites is 1. The first kappa shape index (κ1) is 27.7. The molecule has 0 fully saturated rings. The Labute approximate surface area is 208 Å². The van der Waals surface area contributed by atoms with Crippen LogP contribution in [0, 0.1) is 12.3 Å². The van der Waals surface area contributed by atoms with Crippen molar-refractivity contribution in [2.24, 2.45) is 17.5 Å². The van der Waals surface area contributed by atoms with Gasteiger partial charge in [0.25, 0.3) is 0 Å². The first-order valence-electron chi connectivity index (χ1n) is 10.6. The predicted octanol–water partition coefficient (Wildman–Crippen LogP) is 2.08. The lowest BCUT2D eigenvalue weighted by Gasteiger charge is -2.24. The number of aliphatic imine (C=N–C) groups is 1. The van der Waals surface area contributed by atoms with Gasteiger partial charge in [0, 0.05) is 46.5 Å². The van der Waals surface area contributed by atoms with Crippen LogP contribution in [0.25, 0.3) is 0 Å². The molecular formula is C22H37IN8O. The number of amides is 1. The van der Waals surface area contributed by atoms with Gasteiger partial charge in [0.2, 0.25) is 5.91 Å². The first-order chi connectivity index (χ1) is 14.7. The summed E-state index contributed by atoms with van der Waals surface area (Å²) in [6.45, 7) is 8.23. The second kappa shape index (κ2) is 13.2. The topological polar surface area (TPSA) is 99.5 Å². The van der Waals surface area contributed by atoms with Crippen molar-refractivity contribution in [2.45, 2.75) is 33.7 Å². The summed E-state index contributed by atoms with van der Waals surface area (Å²) in [5.41, 5.74) is 0.631. The molecule has 0 unspecified atom stereocenters. The van der Waals surface area contributed by atoms with Gasteiger partial charge in [-0.25, -0.2) is 4.99 Å². The summed E-state index contributed by atoms with van der Waals surface area (Å²) in [4.78, 5) is 19.0. The van der Waals surface area contributed by atoms with Crippen LogP contribution in [0.4, 0.5) is 5.69 Å². The molecule has 1 amide bonds. The highest BCUT2D eigenvalue weighted by Gasteiger charge is 2.26. The van der Waals surface area contributed by atoms with E-state index in [1.165, 1.54) is 5.69 Å². The first-order valence-corrected chi connectivity index (χ1v) is 10.6. The molecule has 0 saturated carbocycles. The van der Waals surface area contributed by atoms with Gasteiger partial charge in [0.1, 0.15) is 12.4 Å². The van der Waals surface area contributed by atoms with Crippen LogP contribution in [0.5, 0.6) is 0 Å². The van der Waals surface area contributed by atoms with Crippen LogP contribution in [0.1, 0.15) is 31.9 Å². The van der Waals surface area contributed by atoms with Gasteiger partial charge in [0.05, 0.1) is 5.41 Å². The number of carbonyl (C=O) groups excluding carboxylic acids is 1. The van der Waals surface area contributed by atoms with Crippen molar-refractivity contribution in [3.63, 3.8) is 0 Å². The minimum absolute atomic E-state index is 0. The molecule has 1 aromatic carbocycles. The number of hydrogen-bond acceptors (Lipinski definition) is 5. The van der Waals surface area contributed by atoms with E-state index in [9.17, 15) is 4.79 Å². The Hall–Kier alpha value is -2.37. The molecule has 178 valence electrons.